The lowest BCUT2D eigenvalue weighted by molar-refractivity contribution is -0.730. The van der Waals surface area contributed by atoms with Crippen molar-refractivity contribution in [3.8, 4) is 0 Å². The standard InChI is InChI=1S/C42H74N2/c1-3-5-7-9-11-13-15-16-17-18-19-20-22-24-26-31-35-42(44-37-36-43-39-44)41(38-40-32-28-27-29-33-40)34-30-25-23-21-14-12-10-8-6-4-2/h27-29,32-33,36-37,39,41-42H,3-26,30-31,34-35,38H2,1-2H3/p+1. The fraction of sp³-hybridized carbons (Fsp3) is 0.786. The Labute approximate surface area is 275 Å². The minimum absolute atomic E-state index is 0.603. The largest absolute Gasteiger partial charge is 0.250 e. The molecule has 0 aliphatic rings. The number of aromatic nitrogens is 2. The van der Waals surface area contributed by atoms with Gasteiger partial charge in [-0.1, -0.05) is 205 Å². The first-order valence-corrected chi connectivity index (χ1v) is 19.9. The molecule has 2 unspecified atom stereocenters. The van der Waals surface area contributed by atoms with Gasteiger partial charge in [-0.15, -0.1) is 0 Å². The number of rotatable bonds is 32. The van der Waals surface area contributed by atoms with Crippen LogP contribution in [0.1, 0.15) is 205 Å². The van der Waals surface area contributed by atoms with Gasteiger partial charge >= 0.3 is 0 Å². The van der Waals surface area contributed by atoms with Crippen molar-refractivity contribution < 1.29 is 4.57 Å². The van der Waals surface area contributed by atoms with Crippen LogP contribution >= 0.6 is 0 Å². The van der Waals surface area contributed by atoms with Gasteiger partial charge in [0, 0.05) is 5.92 Å². The van der Waals surface area contributed by atoms with E-state index in [1.165, 1.54) is 192 Å². The summed E-state index contributed by atoms with van der Waals surface area (Å²) >= 11 is 0. The van der Waals surface area contributed by atoms with Crippen molar-refractivity contribution in [2.24, 2.45) is 5.92 Å². The molecule has 0 saturated heterocycles. The number of nitrogens with zero attached hydrogens (tertiary/aromatic N) is 1. The topological polar surface area (TPSA) is 19.7 Å². The average Bonchev–Trinajstić information content (AvgIpc) is 3.58. The fourth-order valence-electron chi connectivity index (χ4n) is 7.28. The molecule has 0 spiro atoms. The van der Waals surface area contributed by atoms with E-state index < -0.39 is 0 Å². The third-order valence-electron chi connectivity index (χ3n) is 10.1. The summed E-state index contributed by atoms with van der Waals surface area (Å²) in [6.45, 7) is 4.62. The zero-order valence-corrected chi connectivity index (χ0v) is 29.7. The molecular formula is C42H75N2+. The zero-order chi connectivity index (χ0) is 31.2. The monoisotopic (exact) mass is 608 g/mol. The summed E-state index contributed by atoms with van der Waals surface area (Å²) in [5.74, 6) is 0.712. The summed E-state index contributed by atoms with van der Waals surface area (Å²) < 4.78 is 2.51. The molecule has 2 atom stereocenters. The summed E-state index contributed by atoms with van der Waals surface area (Å²) in [4.78, 5) is 3.36. The molecule has 0 amide bonds. The van der Waals surface area contributed by atoms with Crippen LogP contribution < -0.4 is 4.57 Å². The number of hydrogen-bond donors (Lipinski definition) is 1. The number of unbranched alkanes of at least 4 members (excludes halogenated alkanes) is 24. The normalized spacial score (nSPS) is 13.0. The summed E-state index contributed by atoms with van der Waals surface area (Å²) in [5.41, 5.74) is 1.51. The van der Waals surface area contributed by atoms with Crippen molar-refractivity contribution in [1.82, 2.24) is 4.98 Å². The van der Waals surface area contributed by atoms with E-state index >= 15 is 0 Å². The molecule has 2 nitrogen and oxygen atoms in total. The molecule has 0 aliphatic heterocycles. The fourth-order valence-corrected chi connectivity index (χ4v) is 7.28. The Morgan fingerprint density at radius 1 is 0.500 bits per heavy atom. The third kappa shape index (κ3) is 20.5. The molecule has 1 heterocycles. The first-order valence-electron chi connectivity index (χ1n) is 19.9. The van der Waals surface area contributed by atoms with Crippen LogP contribution in [0.5, 0.6) is 0 Å². The van der Waals surface area contributed by atoms with Crippen molar-refractivity contribution in [3.63, 3.8) is 0 Å². The van der Waals surface area contributed by atoms with E-state index in [1.54, 1.807) is 0 Å². The highest BCUT2D eigenvalue weighted by molar-refractivity contribution is 5.15. The maximum atomic E-state index is 3.36. The molecule has 1 aromatic heterocycles. The van der Waals surface area contributed by atoms with E-state index in [0.717, 1.165) is 0 Å². The van der Waals surface area contributed by atoms with Gasteiger partial charge in [-0.2, -0.15) is 0 Å². The van der Waals surface area contributed by atoms with Gasteiger partial charge < -0.3 is 0 Å². The highest BCUT2D eigenvalue weighted by Gasteiger charge is 2.26. The number of nitrogens with one attached hydrogen (secondary N) is 1. The van der Waals surface area contributed by atoms with E-state index in [9.17, 15) is 0 Å². The van der Waals surface area contributed by atoms with Crippen molar-refractivity contribution in [3.05, 3.63) is 54.6 Å². The van der Waals surface area contributed by atoms with Gasteiger partial charge in [-0.25, -0.2) is 4.57 Å². The quantitative estimate of drug-likeness (QED) is 0.0630. The molecule has 1 aromatic carbocycles. The number of imidazole rings is 1. The molecule has 0 radical (unpaired) electrons. The number of H-pyrrole nitrogens is 1. The van der Waals surface area contributed by atoms with Gasteiger partial charge in [-0.05, 0) is 31.2 Å². The molecule has 44 heavy (non-hydrogen) atoms. The molecule has 1 N–H and O–H groups in total. The van der Waals surface area contributed by atoms with E-state index in [0.29, 0.717) is 12.0 Å². The predicted molar refractivity (Wildman–Crippen MR) is 194 cm³/mol. The first-order chi connectivity index (χ1) is 21.8. The van der Waals surface area contributed by atoms with Crippen LogP contribution in [0.3, 0.4) is 0 Å². The summed E-state index contributed by atoms with van der Waals surface area (Å²) in [6, 6.07) is 11.9. The molecule has 2 heteroatoms. The Hall–Kier alpha value is -1.57. The SMILES string of the molecule is CCCCCCCCCCCCCCCCCCC(C(CCCCCCCCCCCC)Cc1ccccc1)[n+]1cc[nH]c1. The number of aromatic amines is 1. The van der Waals surface area contributed by atoms with E-state index in [-0.39, 0.29) is 0 Å². The second kappa shape index (κ2) is 28.9. The molecule has 0 saturated carbocycles. The smallest absolute Gasteiger partial charge is 0.241 e. The Morgan fingerprint density at radius 3 is 1.32 bits per heavy atom. The van der Waals surface area contributed by atoms with E-state index in [4.69, 9.17) is 0 Å². The van der Waals surface area contributed by atoms with Crippen molar-refractivity contribution >= 4 is 0 Å². The molecule has 0 bridgehead atoms. The maximum Gasteiger partial charge on any atom is 0.241 e. The molecule has 0 fully saturated rings. The highest BCUT2D eigenvalue weighted by Crippen LogP contribution is 2.29. The van der Waals surface area contributed by atoms with Crippen LogP contribution in [0.15, 0.2) is 49.1 Å². The Bertz CT molecular complexity index is 814. The molecule has 252 valence electrons. The molecule has 2 aromatic rings. The van der Waals surface area contributed by atoms with Gasteiger partial charge in [0.1, 0.15) is 18.4 Å². The maximum absolute atomic E-state index is 3.36. The Morgan fingerprint density at radius 2 is 0.909 bits per heavy atom. The molecule has 2 rings (SSSR count). The minimum Gasteiger partial charge on any atom is -0.250 e. The molecule has 0 aliphatic carbocycles. The second-order valence-electron chi connectivity index (χ2n) is 14.1. The number of hydrogen-bond acceptors (Lipinski definition) is 0. The summed E-state index contributed by atoms with van der Waals surface area (Å²) in [7, 11) is 0. The summed E-state index contributed by atoms with van der Waals surface area (Å²) in [6.07, 6.45) is 47.7. The van der Waals surface area contributed by atoms with Gasteiger partial charge in [0.15, 0.2) is 0 Å². The molecular weight excluding hydrogens is 532 g/mol. The van der Waals surface area contributed by atoms with E-state index in [2.05, 4.69) is 72.5 Å². The first kappa shape index (κ1) is 38.6. The van der Waals surface area contributed by atoms with Gasteiger partial charge in [0.25, 0.3) is 0 Å². The van der Waals surface area contributed by atoms with Crippen LogP contribution in [0.25, 0.3) is 0 Å². The van der Waals surface area contributed by atoms with Crippen molar-refractivity contribution in [1.29, 1.82) is 0 Å². The highest BCUT2D eigenvalue weighted by atomic mass is 15.1. The lowest BCUT2D eigenvalue weighted by atomic mass is 9.84. The van der Waals surface area contributed by atoms with Crippen LogP contribution in [-0.4, -0.2) is 4.98 Å². The van der Waals surface area contributed by atoms with Crippen molar-refractivity contribution in [2.75, 3.05) is 0 Å². The Kier molecular flexibility index (Phi) is 25.3. The van der Waals surface area contributed by atoms with Crippen LogP contribution in [0.4, 0.5) is 0 Å². The van der Waals surface area contributed by atoms with Gasteiger partial charge in [0.05, 0.1) is 0 Å². The van der Waals surface area contributed by atoms with Gasteiger partial charge in [-0.3, -0.25) is 4.98 Å². The minimum atomic E-state index is 0.603. The van der Waals surface area contributed by atoms with Crippen LogP contribution in [-0.2, 0) is 6.42 Å². The third-order valence-corrected chi connectivity index (χ3v) is 10.1. The number of benzene rings is 1. The van der Waals surface area contributed by atoms with Crippen LogP contribution in [0.2, 0.25) is 0 Å². The summed E-state index contributed by atoms with van der Waals surface area (Å²) in [5, 5.41) is 0. The Balaban J connectivity index is 1.65. The van der Waals surface area contributed by atoms with E-state index in [1.807, 2.05) is 0 Å². The zero-order valence-electron chi connectivity index (χ0n) is 29.7. The lowest BCUT2D eigenvalue weighted by Crippen LogP contribution is -2.42. The lowest BCUT2D eigenvalue weighted by Gasteiger charge is -2.25. The average molecular weight is 608 g/mol. The second-order valence-corrected chi connectivity index (χ2v) is 14.1. The van der Waals surface area contributed by atoms with Crippen molar-refractivity contribution in [2.45, 2.75) is 206 Å². The van der Waals surface area contributed by atoms with Gasteiger partial charge in [0.2, 0.25) is 6.33 Å². The van der Waals surface area contributed by atoms with Crippen LogP contribution in [0, 0.1) is 5.92 Å². The predicted octanol–water partition coefficient (Wildman–Crippen LogP) is 13.7.